The minimum Gasteiger partial charge on any atom is -0.487 e. The normalized spacial score (nSPS) is 15.4. The minimum absolute atomic E-state index is 0.0665. The van der Waals surface area contributed by atoms with E-state index >= 15 is 0 Å². The zero-order valence-corrected chi connectivity index (χ0v) is 11.9. The Kier molecular flexibility index (Phi) is 4.60. The van der Waals surface area contributed by atoms with Gasteiger partial charge in [-0.2, -0.15) is 0 Å². The molecule has 0 atom stereocenters. The van der Waals surface area contributed by atoms with Crippen LogP contribution in [-0.4, -0.2) is 23.4 Å². The zero-order valence-electron chi connectivity index (χ0n) is 11.9. The van der Waals surface area contributed by atoms with Crippen LogP contribution in [-0.2, 0) is 6.54 Å². The van der Waals surface area contributed by atoms with Crippen LogP contribution in [0, 0.1) is 11.6 Å². The Bertz CT molecular complexity index is 444. The van der Waals surface area contributed by atoms with Crippen LogP contribution in [0.4, 0.5) is 8.78 Å². The van der Waals surface area contributed by atoms with Crippen LogP contribution in [0.15, 0.2) is 12.1 Å². The molecule has 0 heterocycles. The molecule has 0 spiro atoms. The Morgan fingerprint density at radius 3 is 2.40 bits per heavy atom. The van der Waals surface area contributed by atoms with E-state index in [1.165, 1.54) is 12.1 Å². The van der Waals surface area contributed by atoms with Gasteiger partial charge in [-0.25, -0.2) is 8.78 Å². The van der Waals surface area contributed by atoms with Gasteiger partial charge in [-0.1, -0.05) is 0 Å². The van der Waals surface area contributed by atoms with Crippen molar-refractivity contribution in [2.24, 2.45) is 0 Å². The first-order valence-corrected chi connectivity index (χ1v) is 6.91. The van der Waals surface area contributed by atoms with Gasteiger partial charge in [-0.05, 0) is 44.4 Å². The summed E-state index contributed by atoms with van der Waals surface area (Å²) in [6.07, 6.45) is 2.56. The number of ether oxygens (including phenoxy) is 1. The molecule has 2 N–H and O–H groups in total. The van der Waals surface area contributed by atoms with E-state index in [2.05, 4.69) is 5.32 Å². The summed E-state index contributed by atoms with van der Waals surface area (Å²) in [5.74, 6) is -1.77. The third-order valence-electron chi connectivity index (χ3n) is 3.19. The van der Waals surface area contributed by atoms with Crippen LogP contribution in [0.25, 0.3) is 0 Å². The van der Waals surface area contributed by atoms with Gasteiger partial charge in [0, 0.05) is 19.0 Å². The van der Waals surface area contributed by atoms with E-state index in [0.717, 1.165) is 12.8 Å². The van der Waals surface area contributed by atoms with Crippen LogP contribution >= 0.6 is 0 Å². The molecule has 1 aromatic carbocycles. The third kappa shape index (κ3) is 4.72. The van der Waals surface area contributed by atoms with Crippen molar-refractivity contribution in [3.8, 4) is 5.75 Å². The Hall–Kier alpha value is -1.20. The fraction of sp³-hybridized carbons (Fsp3) is 0.600. The van der Waals surface area contributed by atoms with Gasteiger partial charge in [0.1, 0.15) is 0 Å². The molecule has 0 bridgehead atoms. The molecule has 0 aromatic heterocycles. The van der Waals surface area contributed by atoms with Gasteiger partial charge in [0.05, 0.1) is 12.2 Å². The van der Waals surface area contributed by atoms with Crippen molar-refractivity contribution in [3.63, 3.8) is 0 Å². The molecule has 1 saturated carbocycles. The van der Waals surface area contributed by atoms with E-state index in [-0.39, 0.29) is 12.4 Å². The van der Waals surface area contributed by atoms with Gasteiger partial charge < -0.3 is 15.2 Å². The van der Waals surface area contributed by atoms with Crippen LogP contribution in [0.5, 0.6) is 5.75 Å². The maximum Gasteiger partial charge on any atom is 0.190 e. The molecule has 1 aliphatic rings. The number of rotatable bonds is 7. The first-order valence-electron chi connectivity index (χ1n) is 6.91. The van der Waals surface area contributed by atoms with Crippen molar-refractivity contribution in [2.45, 2.75) is 51.3 Å². The summed E-state index contributed by atoms with van der Waals surface area (Å²) in [5.41, 5.74) is -0.345. The van der Waals surface area contributed by atoms with Gasteiger partial charge in [0.2, 0.25) is 0 Å². The lowest BCUT2D eigenvalue weighted by molar-refractivity contribution is 0.0540. The number of hydrogen-bond donors (Lipinski definition) is 2. The zero-order chi connectivity index (χ0) is 14.8. The van der Waals surface area contributed by atoms with Gasteiger partial charge in [-0.3, -0.25) is 0 Å². The van der Waals surface area contributed by atoms with E-state index in [1.807, 2.05) is 0 Å². The Balaban J connectivity index is 1.94. The molecule has 0 radical (unpaired) electrons. The second-order valence-electron chi connectivity index (χ2n) is 5.95. The molecule has 20 heavy (non-hydrogen) atoms. The molecule has 112 valence electrons. The Morgan fingerprint density at radius 1 is 1.30 bits per heavy atom. The number of benzene rings is 1. The summed E-state index contributed by atoms with van der Waals surface area (Å²) in [4.78, 5) is 0. The standard InChI is InChI=1S/C15H21F2NO2/c1-15(2,19)5-6-20-14-12(16)7-10(8-13(14)17)9-18-11-3-4-11/h7-8,11,18-19H,3-6,9H2,1-2H3. The van der Waals surface area contributed by atoms with Crippen LogP contribution in [0.2, 0.25) is 0 Å². The third-order valence-corrected chi connectivity index (χ3v) is 3.19. The van der Waals surface area contributed by atoms with Gasteiger partial charge >= 0.3 is 0 Å². The van der Waals surface area contributed by atoms with Gasteiger partial charge in [0.15, 0.2) is 17.4 Å². The highest BCUT2D eigenvalue weighted by molar-refractivity contribution is 5.31. The average molecular weight is 285 g/mol. The van der Waals surface area contributed by atoms with E-state index in [4.69, 9.17) is 4.74 Å². The molecule has 0 unspecified atom stereocenters. The number of nitrogens with one attached hydrogen (secondary N) is 1. The van der Waals surface area contributed by atoms with Crippen molar-refractivity contribution < 1.29 is 18.6 Å². The lowest BCUT2D eigenvalue weighted by Gasteiger charge is -2.17. The van der Waals surface area contributed by atoms with E-state index < -0.39 is 17.2 Å². The fourth-order valence-electron chi connectivity index (χ4n) is 1.80. The van der Waals surface area contributed by atoms with Crippen molar-refractivity contribution in [1.29, 1.82) is 0 Å². The molecular formula is C15H21F2NO2. The maximum atomic E-state index is 13.8. The predicted molar refractivity (Wildman–Crippen MR) is 72.6 cm³/mol. The molecule has 5 heteroatoms. The largest absolute Gasteiger partial charge is 0.487 e. The Labute approximate surface area is 117 Å². The first-order chi connectivity index (χ1) is 9.35. The second-order valence-corrected chi connectivity index (χ2v) is 5.95. The monoisotopic (exact) mass is 285 g/mol. The average Bonchev–Trinajstić information content (AvgIpc) is 3.12. The minimum atomic E-state index is -0.916. The highest BCUT2D eigenvalue weighted by Gasteiger charge is 2.21. The number of hydrogen-bond acceptors (Lipinski definition) is 3. The smallest absolute Gasteiger partial charge is 0.190 e. The molecule has 0 amide bonds. The van der Waals surface area contributed by atoms with Crippen molar-refractivity contribution in [1.82, 2.24) is 5.32 Å². The molecule has 2 rings (SSSR count). The predicted octanol–water partition coefficient (Wildman–Crippen LogP) is 2.76. The van der Waals surface area contributed by atoms with Crippen LogP contribution in [0.1, 0.15) is 38.7 Å². The van der Waals surface area contributed by atoms with E-state index in [1.54, 1.807) is 13.8 Å². The van der Waals surface area contributed by atoms with Crippen molar-refractivity contribution in [2.75, 3.05) is 6.61 Å². The summed E-state index contributed by atoms with van der Waals surface area (Å²) < 4.78 is 32.7. The summed E-state index contributed by atoms with van der Waals surface area (Å²) in [6, 6.07) is 3.07. The Morgan fingerprint density at radius 2 is 1.90 bits per heavy atom. The molecule has 0 saturated heterocycles. The lowest BCUT2D eigenvalue weighted by Crippen LogP contribution is -2.22. The highest BCUT2D eigenvalue weighted by Crippen LogP contribution is 2.25. The topological polar surface area (TPSA) is 41.5 Å². The van der Waals surface area contributed by atoms with Crippen molar-refractivity contribution >= 4 is 0 Å². The maximum absolute atomic E-state index is 13.8. The number of aliphatic hydroxyl groups is 1. The van der Waals surface area contributed by atoms with Crippen LogP contribution in [0.3, 0.4) is 0 Å². The SMILES string of the molecule is CC(C)(O)CCOc1c(F)cc(CNC2CC2)cc1F. The summed E-state index contributed by atoms with van der Waals surface area (Å²) in [5, 5.41) is 12.7. The molecule has 1 aliphatic carbocycles. The molecule has 3 nitrogen and oxygen atoms in total. The van der Waals surface area contributed by atoms with Crippen LogP contribution < -0.4 is 10.1 Å². The molecule has 0 aliphatic heterocycles. The van der Waals surface area contributed by atoms with Gasteiger partial charge in [0.25, 0.3) is 0 Å². The first kappa shape index (κ1) is 15.2. The highest BCUT2D eigenvalue weighted by atomic mass is 19.1. The quantitative estimate of drug-likeness (QED) is 0.809. The summed E-state index contributed by atoms with van der Waals surface area (Å²) >= 11 is 0. The lowest BCUT2D eigenvalue weighted by atomic mass is 10.1. The van der Waals surface area contributed by atoms with E-state index in [9.17, 15) is 13.9 Å². The molecular weight excluding hydrogens is 264 g/mol. The number of halogens is 2. The van der Waals surface area contributed by atoms with Gasteiger partial charge in [-0.15, -0.1) is 0 Å². The van der Waals surface area contributed by atoms with Crippen molar-refractivity contribution in [3.05, 3.63) is 29.3 Å². The fourth-order valence-corrected chi connectivity index (χ4v) is 1.80. The van der Waals surface area contributed by atoms with E-state index in [0.29, 0.717) is 24.6 Å². The molecule has 1 fully saturated rings. The molecule has 1 aromatic rings. The summed E-state index contributed by atoms with van der Waals surface area (Å²) in [7, 11) is 0. The summed E-state index contributed by atoms with van der Waals surface area (Å²) in [6.45, 7) is 3.77. The second kappa shape index (κ2) is 6.06.